The van der Waals surface area contributed by atoms with Crippen molar-refractivity contribution in [2.45, 2.75) is 26.3 Å². The molecular weight excluding hydrogens is 226 g/mol. The Balaban J connectivity index is 2.74. The first kappa shape index (κ1) is 14.9. The van der Waals surface area contributed by atoms with Gasteiger partial charge in [-0.2, -0.15) is 0 Å². The second kappa shape index (κ2) is 8.06. The molecule has 0 radical (unpaired) electrons. The van der Waals surface area contributed by atoms with Crippen LogP contribution >= 0.6 is 0 Å². The van der Waals surface area contributed by atoms with Gasteiger partial charge in [-0.25, -0.2) is 4.98 Å². The zero-order valence-electron chi connectivity index (χ0n) is 11.9. The minimum absolute atomic E-state index is 0.323. The maximum atomic E-state index is 5.08. The van der Waals surface area contributed by atoms with Crippen molar-refractivity contribution in [3.8, 4) is 0 Å². The Morgan fingerprint density at radius 2 is 2.28 bits per heavy atom. The lowest BCUT2D eigenvalue weighted by atomic mass is 10.1. The summed E-state index contributed by atoms with van der Waals surface area (Å²) in [5.41, 5.74) is 1.25. The SMILES string of the molecule is CCNC(C)c1cccnc1N(C)CCCOC. The van der Waals surface area contributed by atoms with Crippen molar-refractivity contribution in [3.05, 3.63) is 23.9 Å². The van der Waals surface area contributed by atoms with Crippen molar-refractivity contribution in [2.75, 3.05) is 38.8 Å². The molecule has 102 valence electrons. The molecule has 1 heterocycles. The number of hydrogen-bond acceptors (Lipinski definition) is 4. The van der Waals surface area contributed by atoms with Crippen LogP contribution in [0.3, 0.4) is 0 Å². The van der Waals surface area contributed by atoms with E-state index in [-0.39, 0.29) is 0 Å². The summed E-state index contributed by atoms with van der Waals surface area (Å²) in [5, 5.41) is 3.43. The van der Waals surface area contributed by atoms with E-state index in [0.717, 1.165) is 31.9 Å². The monoisotopic (exact) mass is 251 g/mol. The summed E-state index contributed by atoms with van der Waals surface area (Å²) in [6, 6.07) is 4.46. The van der Waals surface area contributed by atoms with Crippen molar-refractivity contribution < 1.29 is 4.74 Å². The lowest BCUT2D eigenvalue weighted by molar-refractivity contribution is 0.196. The van der Waals surface area contributed by atoms with Gasteiger partial charge in [0.05, 0.1) is 0 Å². The van der Waals surface area contributed by atoms with Crippen LogP contribution in [0, 0.1) is 0 Å². The van der Waals surface area contributed by atoms with Gasteiger partial charge in [0, 0.05) is 45.1 Å². The highest BCUT2D eigenvalue weighted by atomic mass is 16.5. The molecule has 0 saturated carbocycles. The molecule has 0 aliphatic carbocycles. The Labute approximate surface area is 110 Å². The van der Waals surface area contributed by atoms with Crippen LogP contribution in [0.4, 0.5) is 5.82 Å². The van der Waals surface area contributed by atoms with Crippen LogP contribution in [0.5, 0.6) is 0 Å². The number of pyridine rings is 1. The van der Waals surface area contributed by atoms with Gasteiger partial charge < -0.3 is 15.0 Å². The number of methoxy groups -OCH3 is 1. The van der Waals surface area contributed by atoms with Gasteiger partial charge in [0.2, 0.25) is 0 Å². The van der Waals surface area contributed by atoms with Crippen LogP contribution in [0.1, 0.15) is 31.9 Å². The third-order valence-electron chi connectivity index (χ3n) is 3.00. The van der Waals surface area contributed by atoms with E-state index in [1.807, 2.05) is 12.3 Å². The fourth-order valence-electron chi connectivity index (χ4n) is 2.03. The Morgan fingerprint density at radius 3 is 2.94 bits per heavy atom. The molecule has 0 saturated heterocycles. The van der Waals surface area contributed by atoms with Crippen molar-refractivity contribution in [2.24, 2.45) is 0 Å². The minimum atomic E-state index is 0.323. The molecule has 0 spiro atoms. The van der Waals surface area contributed by atoms with Gasteiger partial charge in [-0.3, -0.25) is 0 Å². The van der Waals surface area contributed by atoms with Crippen molar-refractivity contribution in [1.82, 2.24) is 10.3 Å². The number of hydrogen-bond donors (Lipinski definition) is 1. The van der Waals surface area contributed by atoms with Gasteiger partial charge in [-0.15, -0.1) is 0 Å². The highest BCUT2D eigenvalue weighted by Gasteiger charge is 2.13. The number of nitrogens with one attached hydrogen (secondary N) is 1. The molecule has 0 aromatic carbocycles. The molecule has 18 heavy (non-hydrogen) atoms. The molecule has 1 aromatic rings. The first-order valence-electron chi connectivity index (χ1n) is 6.59. The second-order valence-corrected chi connectivity index (χ2v) is 4.46. The number of nitrogens with zero attached hydrogens (tertiary/aromatic N) is 2. The topological polar surface area (TPSA) is 37.4 Å². The van der Waals surface area contributed by atoms with Crippen LogP contribution in [-0.2, 0) is 4.74 Å². The first-order chi connectivity index (χ1) is 8.70. The number of anilines is 1. The highest BCUT2D eigenvalue weighted by Crippen LogP contribution is 2.22. The fraction of sp³-hybridized carbons (Fsp3) is 0.643. The van der Waals surface area contributed by atoms with Crippen LogP contribution < -0.4 is 10.2 Å². The van der Waals surface area contributed by atoms with Crippen LogP contribution in [0.15, 0.2) is 18.3 Å². The minimum Gasteiger partial charge on any atom is -0.385 e. The maximum absolute atomic E-state index is 5.08. The fourth-order valence-corrected chi connectivity index (χ4v) is 2.03. The lowest BCUT2D eigenvalue weighted by Gasteiger charge is -2.24. The predicted octanol–water partition coefficient (Wildman–Crippen LogP) is 2.22. The Hall–Kier alpha value is -1.13. The van der Waals surface area contributed by atoms with Gasteiger partial charge in [-0.05, 0) is 26.0 Å². The first-order valence-corrected chi connectivity index (χ1v) is 6.59. The molecule has 0 bridgehead atoms. The van der Waals surface area contributed by atoms with E-state index < -0.39 is 0 Å². The summed E-state index contributed by atoms with van der Waals surface area (Å²) in [6.45, 7) is 7.00. The zero-order valence-corrected chi connectivity index (χ0v) is 11.9. The second-order valence-electron chi connectivity index (χ2n) is 4.46. The molecule has 1 N–H and O–H groups in total. The van der Waals surface area contributed by atoms with E-state index in [1.54, 1.807) is 7.11 Å². The Morgan fingerprint density at radius 1 is 1.50 bits per heavy atom. The summed E-state index contributed by atoms with van der Waals surface area (Å²) in [5.74, 6) is 1.06. The van der Waals surface area contributed by atoms with Crippen molar-refractivity contribution >= 4 is 5.82 Å². The third kappa shape index (κ3) is 4.27. The van der Waals surface area contributed by atoms with E-state index in [0.29, 0.717) is 6.04 Å². The zero-order chi connectivity index (χ0) is 13.4. The number of aromatic nitrogens is 1. The van der Waals surface area contributed by atoms with Gasteiger partial charge in [0.1, 0.15) is 5.82 Å². The molecule has 0 fully saturated rings. The summed E-state index contributed by atoms with van der Waals surface area (Å²) >= 11 is 0. The van der Waals surface area contributed by atoms with Crippen molar-refractivity contribution in [3.63, 3.8) is 0 Å². The number of rotatable bonds is 8. The van der Waals surface area contributed by atoms with Crippen LogP contribution in [0.25, 0.3) is 0 Å². The Bertz CT molecular complexity index is 344. The van der Waals surface area contributed by atoms with Gasteiger partial charge in [0.15, 0.2) is 0 Å². The van der Waals surface area contributed by atoms with Crippen LogP contribution in [0.2, 0.25) is 0 Å². The Kier molecular flexibility index (Phi) is 6.68. The molecule has 1 atom stereocenters. The molecular formula is C14H25N3O. The molecule has 4 nitrogen and oxygen atoms in total. The van der Waals surface area contributed by atoms with Gasteiger partial charge in [0.25, 0.3) is 0 Å². The van der Waals surface area contributed by atoms with E-state index in [9.17, 15) is 0 Å². The van der Waals surface area contributed by atoms with E-state index in [2.05, 4.69) is 42.2 Å². The molecule has 1 unspecified atom stereocenters. The molecule has 0 amide bonds. The van der Waals surface area contributed by atoms with E-state index in [4.69, 9.17) is 4.74 Å². The summed E-state index contributed by atoms with van der Waals surface area (Å²) in [7, 11) is 3.82. The summed E-state index contributed by atoms with van der Waals surface area (Å²) in [6.07, 6.45) is 2.86. The van der Waals surface area contributed by atoms with E-state index in [1.165, 1.54) is 5.56 Å². The molecule has 0 aliphatic rings. The molecule has 0 aliphatic heterocycles. The molecule has 1 aromatic heterocycles. The normalized spacial score (nSPS) is 12.4. The van der Waals surface area contributed by atoms with Crippen LogP contribution in [-0.4, -0.2) is 38.8 Å². The predicted molar refractivity (Wildman–Crippen MR) is 76.1 cm³/mol. The van der Waals surface area contributed by atoms with Gasteiger partial charge in [-0.1, -0.05) is 13.0 Å². The molecule has 1 rings (SSSR count). The standard InChI is InChI=1S/C14H25N3O/c1-5-15-12(2)13-8-6-9-16-14(13)17(3)10-7-11-18-4/h6,8-9,12,15H,5,7,10-11H2,1-4H3. The van der Waals surface area contributed by atoms with Crippen molar-refractivity contribution in [1.29, 1.82) is 0 Å². The number of ether oxygens (including phenoxy) is 1. The highest BCUT2D eigenvalue weighted by molar-refractivity contribution is 5.47. The molecule has 4 heteroatoms. The summed E-state index contributed by atoms with van der Waals surface area (Å²) in [4.78, 5) is 6.70. The lowest BCUT2D eigenvalue weighted by Crippen LogP contribution is -2.25. The average Bonchev–Trinajstić information content (AvgIpc) is 2.39. The maximum Gasteiger partial charge on any atom is 0.133 e. The van der Waals surface area contributed by atoms with E-state index >= 15 is 0 Å². The summed E-state index contributed by atoms with van der Waals surface area (Å²) < 4.78 is 5.08. The quantitative estimate of drug-likeness (QED) is 0.719. The smallest absolute Gasteiger partial charge is 0.133 e. The average molecular weight is 251 g/mol. The third-order valence-corrected chi connectivity index (χ3v) is 3.00. The largest absolute Gasteiger partial charge is 0.385 e. The van der Waals surface area contributed by atoms with Gasteiger partial charge >= 0.3 is 0 Å².